The van der Waals surface area contributed by atoms with Crippen LogP contribution >= 0.6 is 27.5 Å². The second kappa shape index (κ2) is 6.20. The Hall–Kier alpha value is -1.32. The standard InChI is InChI=1S/C17H14BrClO2/c18-14-6-3-5-13(17(14)19)15(20)10-11-8-9-21-16-7-2-1-4-12(11)16/h1-7,11H,8-10H2. The van der Waals surface area contributed by atoms with E-state index in [9.17, 15) is 4.79 Å². The van der Waals surface area contributed by atoms with Crippen LogP contribution in [0.15, 0.2) is 46.9 Å². The van der Waals surface area contributed by atoms with Gasteiger partial charge in [-0.05, 0) is 52.0 Å². The Morgan fingerprint density at radius 1 is 1.24 bits per heavy atom. The van der Waals surface area contributed by atoms with Crippen LogP contribution in [0.25, 0.3) is 0 Å². The predicted molar refractivity (Wildman–Crippen MR) is 87.4 cm³/mol. The number of halogens is 2. The molecule has 0 aliphatic carbocycles. The van der Waals surface area contributed by atoms with Crippen molar-refractivity contribution in [2.45, 2.75) is 18.8 Å². The normalized spacial score (nSPS) is 17.0. The van der Waals surface area contributed by atoms with Crippen LogP contribution in [-0.4, -0.2) is 12.4 Å². The van der Waals surface area contributed by atoms with Gasteiger partial charge in [-0.3, -0.25) is 4.79 Å². The summed E-state index contributed by atoms with van der Waals surface area (Å²) in [5, 5.41) is 0.489. The van der Waals surface area contributed by atoms with Gasteiger partial charge in [-0.15, -0.1) is 0 Å². The van der Waals surface area contributed by atoms with Crippen LogP contribution < -0.4 is 4.74 Å². The molecule has 0 saturated carbocycles. The number of ketones is 1. The quantitative estimate of drug-likeness (QED) is 0.695. The minimum Gasteiger partial charge on any atom is -0.493 e. The van der Waals surface area contributed by atoms with Crippen molar-refractivity contribution in [3.8, 4) is 5.75 Å². The van der Waals surface area contributed by atoms with Gasteiger partial charge < -0.3 is 4.74 Å². The zero-order chi connectivity index (χ0) is 14.8. The van der Waals surface area contributed by atoms with E-state index in [0.717, 1.165) is 22.2 Å². The highest BCUT2D eigenvalue weighted by molar-refractivity contribution is 9.10. The van der Waals surface area contributed by atoms with Crippen molar-refractivity contribution < 1.29 is 9.53 Å². The van der Waals surface area contributed by atoms with Crippen molar-refractivity contribution in [1.29, 1.82) is 0 Å². The smallest absolute Gasteiger partial charge is 0.165 e. The molecule has 0 fully saturated rings. The molecule has 3 rings (SSSR count). The van der Waals surface area contributed by atoms with Gasteiger partial charge in [0, 0.05) is 16.5 Å². The SMILES string of the molecule is O=C(CC1CCOc2ccccc21)c1cccc(Br)c1Cl. The molecule has 0 bridgehead atoms. The van der Waals surface area contributed by atoms with Crippen molar-refractivity contribution in [2.75, 3.05) is 6.61 Å². The maximum absolute atomic E-state index is 12.5. The van der Waals surface area contributed by atoms with Gasteiger partial charge in [0.1, 0.15) is 5.75 Å². The van der Waals surface area contributed by atoms with Crippen LogP contribution in [0.1, 0.15) is 34.7 Å². The molecular formula is C17H14BrClO2. The highest BCUT2D eigenvalue weighted by Gasteiger charge is 2.25. The van der Waals surface area contributed by atoms with E-state index in [1.54, 1.807) is 6.07 Å². The molecule has 108 valence electrons. The number of ether oxygens (including phenoxy) is 1. The van der Waals surface area contributed by atoms with Crippen LogP contribution in [0.2, 0.25) is 5.02 Å². The molecule has 0 aromatic heterocycles. The lowest BCUT2D eigenvalue weighted by Gasteiger charge is -2.25. The number of Topliss-reactive ketones (excluding diaryl/α,β-unsaturated/α-hetero) is 1. The average molecular weight is 366 g/mol. The molecule has 4 heteroatoms. The Kier molecular flexibility index (Phi) is 4.32. The summed E-state index contributed by atoms with van der Waals surface area (Å²) in [5.41, 5.74) is 1.69. The number of fused-ring (bicyclic) bond motifs is 1. The molecule has 1 aliphatic heterocycles. The fourth-order valence-electron chi connectivity index (χ4n) is 2.68. The van der Waals surface area contributed by atoms with Crippen LogP contribution in [0.4, 0.5) is 0 Å². The monoisotopic (exact) mass is 364 g/mol. The van der Waals surface area contributed by atoms with E-state index < -0.39 is 0 Å². The van der Waals surface area contributed by atoms with E-state index >= 15 is 0 Å². The van der Waals surface area contributed by atoms with Crippen LogP contribution in [0.5, 0.6) is 5.75 Å². The molecule has 2 aromatic carbocycles. The number of carbonyl (C=O) groups is 1. The van der Waals surface area contributed by atoms with Gasteiger partial charge in [0.25, 0.3) is 0 Å². The number of carbonyl (C=O) groups excluding carboxylic acids is 1. The van der Waals surface area contributed by atoms with Crippen LogP contribution in [-0.2, 0) is 0 Å². The molecular weight excluding hydrogens is 352 g/mol. The van der Waals surface area contributed by atoms with E-state index in [4.69, 9.17) is 16.3 Å². The molecule has 0 radical (unpaired) electrons. The minimum absolute atomic E-state index is 0.0722. The molecule has 1 aliphatic rings. The summed E-state index contributed by atoms with van der Waals surface area (Å²) in [7, 11) is 0. The Balaban J connectivity index is 1.85. The summed E-state index contributed by atoms with van der Waals surface area (Å²) < 4.78 is 6.39. The zero-order valence-corrected chi connectivity index (χ0v) is 13.7. The lowest BCUT2D eigenvalue weighted by atomic mass is 9.87. The molecule has 0 amide bonds. The Bertz CT molecular complexity index is 684. The summed E-state index contributed by atoms with van der Waals surface area (Å²) in [6.07, 6.45) is 1.31. The summed E-state index contributed by atoms with van der Waals surface area (Å²) >= 11 is 9.57. The molecule has 1 atom stereocenters. The summed E-state index contributed by atoms with van der Waals surface area (Å²) in [5.74, 6) is 1.15. The third-order valence-electron chi connectivity index (χ3n) is 3.77. The molecule has 0 N–H and O–H groups in total. The van der Waals surface area contributed by atoms with Crippen molar-refractivity contribution in [1.82, 2.24) is 0 Å². The molecule has 2 aromatic rings. The van der Waals surface area contributed by atoms with Crippen molar-refractivity contribution in [3.63, 3.8) is 0 Å². The number of hydrogen-bond acceptors (Lipinski definition) is 2. The van der Waals surface area contributed by atoms with Gasteiger partial charge in [-0.1, -0.05) is 35.9 Å². The van der Waals surface area contributed by atoms with E-state index in [1.807, 2.05) is 36.4 Å². The minimum atomic E-state index is 0.0722. The van der Waals surface area contributed by atoms with Gasteiger partial charge >= 0.3 is 0 Å². The highest BCUT2D eigenvalue weighted by Crippen LogP contribution is 2.37. The van der Waals surface area contributed by atoms with Crippen LogP contribution in [0.3, 0.4) is 0 Å². The summed E-state index contributed by atoms with van der Waals surface area (Å²) in [4.78, 5) is 12.5. The molecule has 2 nitrogen and oxygen atoms in total. The molecule has 0 saturated heterocycles. The third kappa shape index (κ3) is 2.99. The fourth-order valence-corrected chi connectivity index (χ4v) is 3.28. The lowest BCUT2D eigenvalue weighted by Crippen LogP contribution is -2.17. The second-order valence-corrected chi connectivity index (χ2v) is 6.33. The van der Waals surface area contributed by atoms with Crippen molar-refractivity contribution in [3.05, 3.63) is 63.1 Å². The first kappa shape index (κ1) is 14.6. The Morgan fingerprint density at radius 2 is 2.05 bits per heavy atom. The number of rotatable bonds is 3. The largest absolute Gasteiger partial charge is 0.493 e. The van der Waals surface area contributed by atoms with Gasteiger partial charge in [0.05, 0.1) is 11.6 Å². The number of para-hydroxylation sites is 1. The van der Waals surface area contributed by atoms with E-state index in [2.05, 4.69) is 15.9 Å². The molecule has 21 heavy (non-hydrogen) atoms. The highest BCUT2D eigenvalue weighted by atomic mass is 79.9. The number of hydrogen-bond donors (Lipinski definition) is 0. The first-order valence-electron chi connectivity index (χ1n) is 6.85. The van der Waals surface area contributed by atoms with Crippen LogP contribution in [0, 0.1) is 0 Å². The van der Waals surface area contributed by atoms with Crippen molar-refractivity contribution >= 4 is 33.3 Å². The second-order valence-electron chi connectivity index (χ2n) is 5.10. The maximum atomic E-state index is 12.5. The molecule has 1 heterocycles. The Morgan fingerprint density at radius 3 is 2.90 bits per heavy atom. The average Bonchev–Trinajstić information content (AvgIpc) is 2.50. The van der Waals surface area contributed by atoms with E-state index in [-0.39, 0.29) is 11.7 Å². The maximum Gasteiger partial charge on any atom is 0.165 e. The van der Waals surface area contributed by atoms with Gasteiger partial charge in [-0.25, -0.2) is 0 Å². The van der Waals surface area contributed by atoms with E-state index in [1.165, 1.54) is 0 Å². The van der Waals surface area contributed by atoms with Gasteiger partial charge in [-0.2, -0.15) is 0 Å². The first-order valence-corrected chi connectivity index (χ1v) is 8.03. The predicted octanol–water partition coefficient (Wildman–Crippen LogP) is 5.24. The van der Waals surface area contributed by atoms with Crippen molar-refractivity contribution in [2.24, 2.45) is 0 Å². The first-order chi connectivity index (χ1) is 10.2. The fraction of sp³-hybridized carbons (Fsp3) is 0.235. The van der Waals surface area contributed by atoms with Gasteiger partial charge in [0.2, 0.25) is 0 Å². The summed E-state index contributed by atoms with van der Waals surface area (Å²) in [6.45, 7) is 0.654. The third-order valence-corrected chi connectivity index (χ3v) is 5.06. The lowest BCUT2D eigenvalue weighted by molar-refractivity contribution is 0.0966. The molecule has 0 spiro atoms. The topological polar surface area (TPSA) is 26.3 Å². The summed E-state index contributed by atoms with van der Waals surface area (Å²) in [6, 6.07) is 13.4. The zero-order valence-electron chi connectivity index (χ0n) is 11.3. The van der Waals surface area contributed by atoms with Gasteiger partial charge in [0.15, 0.2) is 5.78 Å². The number of benzene rings is 2. The molecule has 1 unspecified atom stereocenters. The Labute approximate surface area is 137 Å². The van der Waals surface area contributed by atoms with E-state index in [0.29, 0.717) is 23.6 Å².